The molecule has 8 heteroatoms. The Bertz CT molecular complexity index is 984. The van der Waals surface area contributed by atoms with Gasteiger partial charge in [-0.05, 0) is 37.6 Å². The summed E-state index contributed by atoms with van der Waals surface area (Å²) in [6.07, 6.45) is 0.675. The molecule has 1 amide bonds. The number of para-hydroxylation sites is 2. The first-order valence-corrected chi connectivity index (χ1v) is 8.49. The third-order valence-electron chi connectivity index (χ3n) is 4.09. The molecule has 0 bridgehead atoms. The summed E-state index contributed by atoms with van der Waals surface area (Å²) < 4.78 is 2.09. The molecular formula is C18H17ClN4O3. The average molecular weight is 373 g/mol. The van der Waals surface area contributed by atoms with Crippen molar-refractivity contribution in [1.82, 2.24) is 14.9 Å². The van der Waals surface area contributed by atoms with Gasteiger partial charge in [-0.1, -0.05) is 23.7 Å². The first-order chi connectivity index (χ1) is 12.5. The van der Waals surface area contributed by atoms with Gasteiger partial charge in [0, 0.05) is 24.2 Å². The van der Waals surface area contributed by atoms with Crippen LogP contribution in [0.15, 0.2) is 42.5 Å². The van der Waals surface area contributed by atoms with Gasteiger partial charge in [-0.3, -0.25) is 14.9 Å². The number of fused-ring (bicyclic) bond motifs is 1. The second-order valence-electron chi connectivity index (χ2n) is 5.83. The van der Waals surface area contributed by atoms with E-state index >= 15 is 0 Å². The van der Waals surface area contributed by atoms with E-state index in [2.05, 4.69) is 14.9 Å². The molecule has 1 heterocycles. The number of carbonyl (C=O) groups excluding carboxylic acids is 1. The number of imidazole rings is 1. The topological polar surface area (TPSA) is 90.1 Å². The summed E-state index contributed by atoms with van der Waals surface area (Å²) in [7, 11) is 0. The SMILES string of the molecule is Cc1nc2ccccc2n1CCCNC(=O)c1ccc(Cl)cc1[N+](=O)[O-]. The molecule has 0 aliphatic rings. The highest BCUT2D eigenvalue weighted by atomic mass is 35.5. The zero-order valence-corrected chi connectivity index (χ0v) is 14.9. The molecule has 0 radical (unpaired) electrons. The van der Waals surface area contributed by atoms with Gasteiger partial charge in [0.05, 0.1) is 16.0 Å². The normalized spacial score (nSPS) is 10.8. The number of benzene rings is 2. The molecule has 0 saturated carbocycles. The molecule has 0 unspecified atom stereocenters. The lowest BCUT2D eigenvalue weighted by atomic mass is 10.1. The summed E-state index contributed by atoms with van der Waals surface area (Å²) in [4.78, 5) is 27.2. The van der Waals surface area contributed by atoms with Crippen LogP contribution in [0, 0.1) is 17.0 Å². The molecule has 0 atom stereocenters. The molecule has 1 N–H and O–H groups in total. The van der Waals surface area contributed by atoms with E-state index in [0.29, 0.717) is 19.5 Å². The second-order valence-corrected chi connectivity index (χ2v) is 6.26. The Labute approximate surface area is 154 Å². The van der Waals surface area contributed by atoms with Crippen LogP contribution in [-0.2, 0) is 6.54 Å². The molecule has 134 valence electrons. The van der Waals surface area contributed by atoms with Crippen LogP contribution in [0.2, 0.25) is 5.02 Å². The lowest BCUT2D eigenvalue weighted by molar-refractivity contribution is -0.385. The number of nitro groups is 1. The van der Waals surface area contributed by atoms with E-state index in [1.807, 2.05) is 31.2 Å². The van der Waals surface area contributed by atoms with Crippen molar-refractivity contribution in [2.45, 2.75) is 19.9 Å². The Morgan fingerprint density at radius 1 is 1.31 bits per heavy atom. The number of hydrogen-bond acceptors (Lipinski definition) is 4. The third-order valence-corrected chi connectivity index (χ3v) is 4.33. The first kappa shape index (κ1) is 17.9. The van der Waals surface area contributed by atoms with Crippen molar-refractivity contribution in [3.8, 4) is 0 Å². The van der Waals surface area contributed by atoms with Crippen molar-refractivity contribution in [2.75, 3.05) is 6.54 Å². The number of halogens is 1. The number of nitrogens with one attached hydrogen (secondary N) is 1. The zero-order chi connectivity index (χ0) is 18.7. The smallest absolute Gasteiger partial charge is 0.283 e. The minimum Gasteiger partial charge on any atom is -0.352 e. The number of aryl methyl sites for hydroxylation is 2. The molecule has 3 rings (SSSR count). The van der Waals surface area contributed by atoms with Gasteiger partial charge >= 0.3 is 0 Å². The van der Waals surface area contributed by atoms with E-state index in [0.717, 1.165) is 16.9 Å². The van der Waals surface area contributed by atoms with Crippen molar-refractivity contribution in [3.63, 3.8) is 0 Å². The molecular weight excluding hydrogens is 356 g/mol. The number of aromatic nitrogens is 2. The highest BCUT2D eigenvalue weighted by Gasteiger charge is 2.20. The van der Waals surface area contributed by atoms with Gasteiger partial charge in [0.1, 0.15) is 11.4 Å². The number of amides is 1. The summed E-state index contributed by atoms with van der Waals surface area (Å²) in [6, 6.07) is 11.9. The van der Waals surface area contributed by atoms with Crippen molar-refractivity contribution >= 4 is 34.2 Å². The van der Waals surface area contributed by atoms with Crippen molar-refractivity contribution < 1.29 is 9.72 Å². The fraction of sp³-hybridized carbons (Fsp3) is 0.222. The van der Waals surface area contributed by atoms with Crippen LogP contribution < -0.4 is 5.32 Å². The maximum atomic E-state index is 12.2. The van der Waals surface area contributed by atoms with E-state index in [4.69, 9.17) is 11.6 Å². The number of rotatable bonds is 6. The standard InChI is InChI=1S/C18H17ClN4O3/c1-12-21-15-5-2-3-6-16(15)22(12)10-4-9-20-18(24)14-8-7-13(19)11-17(14)23(25)26/h2-3,5-8,11H,4,9-10H2,1H3,(H,20,24). The Hall–Kier alpha value is -2.93. The summed E-state index contributed by atoms with van der Waals surface area (Å²) in [5.74, 6) is 0.423. The van der Waals surface area contributed by atoms with Crippen LogP contribution in [0.1, 0.15) is 22.6 Å². The van der Waals surface area contributed by atoms with Crippen molar-refractivity contribution in [3.05, 3.63) is 69.0 Å². The fourth-order valence-corrected chi connectivity index (χ4v) is 3.03. The van der Waals surface area contributed by atoms with Crippen molar-refractivity contribution in [2.24, 2.45) is 0 Å². The number of carbonyl (C=O) groups is 1. The molecule has 1 aromatic heterocycles. The number of nitrogens with zero attached hydrogens (tertiary/aromatic N) is 3. The van der Waals surface area contributed by atoms with Gasteiger partial charge in [-0.2, -0.15) is 0 Å². The quantitative estimate of drug-likeness (QED) is 0.405. The lowest BCUT2D eigenvalue weighted by Gasteiger charge is -2.09. The molecule has 3 aromatic rings. The van der Waals surface area contributed by atoms with Crippen LogP contribution >= 0.6 is 11.6 Å². The van der Waals surface area contributed by atoms with Gasteiger partial charge in [0.25, 0.3) is 11.6 Å². The molecule has 0 aliphatic heterocycles. The maximum Gasteiger partial charge on any atom is 0.283 e. The molecule has 2 aromatic carbocycles. The Morgan fingerprint density at radius 2 is 2.08 bits per heavy atom. The Morgan fingerprint density at radius 3 is 2.85 bits per heavy atom. The van der Waals surface area contributed by atoms with Gasteiger partial charge in [0.15, 0.2) is 0 Å². The fourth-order valence-electron chi connectivity index (χ4n) is 2.86. The van der Waals surface area contributed by atoms with Crippen LogP contribution in [0.4, 0.5) is 5.69 Å². The van der Waals surface area contributed by atoms with E-state index in [1.54, 1.807) is 0 Å². The molecule has 0 saturated heterocycles. The van der Waals surface area contributed by atoms with Crippen LogP contribution in [-0.4, -0.2) is 26.9 Å². The summed E-state index contributed by atoms with van der Waals surface area (Å²) >= 11 is 5.77. The highest BCUT2D eigenvalue weighted by molar-refractivity contribution is 6.31. The van der Waals surface area contributed by atoms with Crippen LogP contribution in [0.25, 0.3) is 11.0 Å². The van der Waals surface area contributed by atoms with Crippen molar-refractivity contribution in [1.29, 1.82) is 0 Å². The van der Waals surface area contributed by atoms with Gasteiger partial charge in [-0.15, -0.1) is 0 Å². The minimum atomic E-state index is -0.609. The lowest BCUT2D eigenvalue weighted by Crippen LogP contribution is -2.26. The van der Waals surface area contributed by atoms with Gasteiger partial charge in [0.2, 0.25) is 0 Å². The van der Waals surface area contributed by atoms with E-state index in [-0.39, 0.29) is 16.3 Å². The summed E-state index contributed by atoms with van der Waals surface area (Å²) in [5, 5.41) is 14.0. The molecule has 0 aliphatic carbocycles. The van der Waals surface area contributed by atoms with E-state index in [9.17, 15) is 14.9 Å². The number of hydrogen-bond donors (Lipinski definition) is 1. The molecule has 0 spiro atoms. The van der Waals surface area contributed by atoms with Gasteiger partial charge < -0.3 is 9.88 Å². The van der Waals surface area contributed by atoms with E-state index < -0.39 is 10.8 Å². The third kappa shape index (κ3) is 3.67. The maximum absolute atomic E-state index is 12.2. The molecule has 26 heavy (non-hydrogen) atoms. The first-order valence-electron chi connectivity index (χ1n) is 8.11. The average Bonchev–Trinajstić information content (AvgIpc) is 2.93. The molecule has 7 nitrogen and oxygen atoms in total. The predicted molar refractivity (Wildman–Crippen MR) is 99.5 cm³/mol. The Balaban J connectivity index is 1.63. The predicted octanol–water partition coefficient (Wildman–Crippen LogP) is 3.73. The monoisotopic (exact) mass is 372 g/mol. The zero-order valence-electron chi connectivity index (χ0n) is 14.1. The Kier molecular flexibility index (Phi) is 5.18. The highest BCUT2D eigenvalue weighted by Crippen LogP contribution is 2.23. The van der Waals surface area contributed by atoms with Crippen LogP contribution in [0.3, 0.4) is 0 Å². The summed E-state index contributed by atoms with van der Waals surface area (Å²) in [5.41, 5.74) is 1.69. The van der Waals surface area contributed by atoms with Gasteiger partial charge in [-0.25, -0.2) is 4.98 Å². The van der Waals surface area contributed by atoms with E-state index in [1.165, 1.54) is 18.2 Å². The largest absolute Gasteiger partial charge is 0.352 e. The number of nitro benzene ring substituents is 1. The molecule has 0 fully saturated rings. The van der Waals surface area contributed by atoms with Crippen LogP contribution in [0.5, 0.6) is 0 Å². The minimum absolute atomic E-state index is 0.00339. The second kappa shape index (κ2) is 7.53. The summed E-state index contributed by atoms with van der Waals surface area (Å²) in [6.45, 7) is 3.02.